The zero-order chi connectivity index (χ0) is 14.3. The molecule has 1 atom stereocenters. The van der Waals surface area contributed by atoms with Gasteiger partial charge in [0, 0.05) is 6.54 Å². The van der Waals surface area contributed by atoms with Gasteiger partial charge < -0.3 is 14.7 Å². The number of carboxylic acids is 1. The number of benzene rings is 1. The molecule has 0 saturated carbocycles. The lowest BCUT2D eigenvalue weighted by atomic mass is 10.3. The van der Waals surface area contributed by atoms with E-state index < -0.39 is 12.1 Å². The number of carbonyl (C=O) groups excluding carboxylic acids is 1. The largest absolute Gasteiger partial charge is 0.481 e. The molecule has 0 bridgehead atoms. The number of para-hydroxylation sites is 1. The summed E-state index contributed by atoms with van der Waals surface area (Å²) in [6, 6.07) is 8.99. The predicted octanol–water partition coefficient (Wildman–Crippen LogP) is 1.78. The fourth-order valence-electron chi connectivity index (χ4n) is 1.71. The third-order valence-corrected chi connectivity index (χ3v) is 2.54. The molecule has 5 heteroatoms. The van der Waals surface area contributed by atoms with Crippen LogP contribution in [-0.4, -0.2) is 41.1 Å². The summed E-state index contributed by atoms with van der Waals surface area (Å²) in [5.41, 5.74) is 0. The van der Waals surface area contributed by atoms with Crippen molar-refractivity contribution < 1.29 is 19.4 Å². The molecule has 0 radical (unpaired) electrons. The first-order valence-corrected chi connectivity index (χ1v) is 6.27. The zero-order valence-corrected chi connectivity index (χ0v) is 11.2. The molecule has 1 amide bonds. The van der Waals surface area contributed by atoms with Crippen LogP contribution in [-0.2, 0) is 9.59 Å². The molecule has 5 nitrogen and oxygen atoms in total. The Morgan fingerprint density at radius 2 is 1.95 bits per heavy atom. The Kier molecular flexibility index (Phi) is 5.85. The minimum Gasteiger partial charge on any atom is -0.481 e. The van der Waals surface area contributed by atoms with Crippen molar-refractivity contribution in [2.24, 2.45) is 0 Å². The maximum absolute atomic E-state index is 12.1. The molecule has 0 heterocycles. The van der Waals surface area contributed by atoms with E-state index in [0.29, 0.717) is 18.7 Å². The van der Waals surface area contributed by atoms with Gasteiger partial charge in [0.2, 0.25) is 0 Å². The van der Waals surface area contributed by atoms with Crippen LogP contribution in [0.5, 0.6) is 5.75 Å². The molecule has 1 aromatic carbocycles. The quantitative estimate of drug-likeness (QED) is 0.816. The van der Waals surface area contributed by atoms with Gasteiger partial charge in [-0.25, -0.2) is 0 Å². The number of hydrogen-bond donors (Lipinski definition) is 1. The SMILES string of the molecule is CCCN(CC(=O)O)C(=O)C(C)Oc1ccccc1. The molecular formula is C14H19NO4. The van der Waals surface area contributed by atoms with Crippen LogP contribution in [0, 0.1) is 0 Å². The van der Waals surface area contributed by atoms with E-state index in [4.69, 9.17) is 9.84 Å². The summed E-state index contributed by atoms with van der Waals surface area (Å²) >= 11 is 0. The highest BCUT2D eigenvalue weighted by Crippen LogP contribution is 2.12. The highest BCUT2D eigenvalue weighted by atomic mass is 16.5. The minimum atomic E-state index is -1.02. The Bertz CT molecular complexity index is 419. The molecule has 0 fully saturated rings. The second kappa shape index (κ2) is 7.41. The first-order valence-electron chi connectivity index (χ1n) is 6.27. The number of carboxylic acid groups (broad SMARTS) is 1. The van der Waals surface area contributed by atoms with Gasteiger partial charge in [0.15, 0.2) is 6.10 Å². The third kappa shape index (κ3) is 4.99. The summed E-state index contributed by atoms with van der Waals surface area (Å²) < 4.78 is 5.50. The first-order chi connectivity index (χ1) is 9.04. The van der Waals surface area contributed by atoms with Crippen LogP contribution in [0.2, 0.25) is 0 Å². The summed E-state index contributed by atoms with van der Waals surface area (Å²) in [7, 11) is 0. The van der Waals surface area contributed by atoms with Gasteiger partial charge in [0.1, 0.15) is 12.3 Å². The minimum absolute atomic E-state index is 0.296. The molecule has 1 unspecified atom stereocenters. The molecule has 0 saturated heterocycles. The number of rotatable bonds is 7. The summed E-state index contributed by atoms with van der Waals surface area (Å²) in [6.07, 6.45) is 0.00479. The fraction of sp³-hybridized carbons (Fsp3) is 0.429. The van der Waals surface area contributed by atoms with E-state index in [2.05, 4.69) is 0 Å². The van der Waals surface area contributed by atoms with Crippen molar-refractivity contribution in [1.29, 1.82) is 0 Å². The highest BCUT2D eigenvalue weighted by molar-refractivity contribution is 5.84. The van der Waals surface area contributed by atoms with Crippen LogP contribution < -0.4 is 4.74 Å². The average Bonchev–Trinajstić information content (AvgIpc) is 2.38. The topological polar surface area (TPSA) is 66.8 Å². The fourth-order valence-corrected chi connectivity index (χ4v) is 1.71. The Balaban J connectivity index is 2.65. The molecule has 0 aliphatic heterocycles. The second-order valence-corrected chi connectivity index (χ2v) is 4.23. The molecular weight excluding hydrogens is 246 g/mol. The summed E-state index contributed by atoms with van der Waals surface area (Å²) in [4.78, 5) is 24.1. The smallest absolute Gasteiger partial charge is 0.323 e. The maximum Gasteiger partial charge on any atom is 0.323 e. The van der Waals surface area contributed by atoms with Crippen molar-refractivity contribution in [3.8, 4) is 5.75 Å². The number of hydrogen-bond acceptors (Lipinski definition) is 3. The lowest BCUT2D eigenvalue weighted by molar-refractivity contribution is -0.147. The van der Waals surface area contributed by atoms with Gasteiger partial charge in [-0.2, -0.15) is 0 Å². The normalized spacial score (nSPS) is 11.7. The summed E-state index contributed by atoms with van der Waals surface area (Å²) in [6.45, 7) is 3.63. The van der Waals surface area contributed by atoms with Crippen LogP contribution in [0.15, 0.2) is 30.3 Å². The molecule has 1 N–H and O–H groups in total. The van der Waals surface area contributed by atoms with Crippen molar-refractivity contribution in [2.45, 2.75) is 26.4 Å². The Morgan fingerprint density at radius 1 is 1.32 bits per heavy atom. The number of carbonyl (C=O) groups is 2. The average molecular weight is 265 g/mol. The van der Waals surface area contributed by atoms with Crippen LogP contribution >= 0.6 is 0 Å². The van der Waals surface area contributed by atoms with Crippen LogP contribution in [0.25, 0.3) is 0 Å². The predicted molar refractivity (Wildman–Crippen MR) is 71.0 cm³/mol. The van der Waals surface area contributed by atoms with Crippen molar-refractivity contribution in [2.75, 3.05) is 13.1 Å². The molecule has 0 aliphatic rings. The van der Waals surface area contributed by atoms with Crippen LogP contribution in [0.1, 0.15) is 20.3 Å². The maximum atomic E-state index is 12.1. The van der Waals surface area contributed by atoms with Crippen molar-refractivity contribution in [3.05, 3.63) is 30.3 Å². The zero-order valence-electron chi connectivity index (χ0n) is 11.2. The monoisotopic (exact) mass is 265 g/mol. The van der Waals surface area contributed by atoms with Crippen LogP contribution in [0.3, 0.4) is 0 Å². The molecule has 0 aromatic heterocycles. The summed E-state index contributed by atoms with van der Waals surface area (Å²) in [5.74, 6) is -0.739. The third-order valence-electron chi connectivity index (χ3n) is 2.54. The second-order valence-electron chi connectivity index (χ2n) is 4.23. The van der Waals surface area contributed by atoms with Gasteiger partial charge >= 0.3 is 5.97 Å². The van der Waals surface area contributed by atoms with Crippen molar-refractivity contribution in [1.82, 2.24) is 4.90 Å². The summed E-state index contributed by atoms with van der Waals surface area (Å²) in [5, 5.41) is 8.80. The Hall–Kier alpha value is -2.04. The Labute approximate surface area is 112 Å². The van der Waals surface area contributed by atoms with Gasteiger partial charge in [0.25, 0.3) is 5.91 Å². The van der Waals surface area contributed by atoms with E-state index in [9.17, 15) is 9.59 Å². The van der Waals surface area contributed by atoms with Crippen LogP contribution in [0.4, 0.5) is 0 Å². The van der Waals surface area contributed by atoms with E-state index in [-0.39, 0.29) is 12.5 Å². The lowest BCUT2D eigenvalue weighted by Gasteiger charge is -2.24. The van der Waals surface area contributed by atoms with E-state index in [0.717, 1.165) is 0 Å². The molecule has 0 spiro atoms. The molecule has 19 heavy (non-hydrogen) atoms. The van der Waals surface area contributed by atoms with Crippen molar-refractivity contribution in [3.63, 3.8) is 0 Å². The number of nitrogens with zero attached hydrogens (tertiary/aromatic N) is 1. The lowest BCUT2D eigenvalue weighted by Crippen LogP contribution is -2.43. The molecule has 104 valence electrons. The van der Waals surface area contributed by atoms with Gasteiger partial charge in [-0.3, -0.25) is 9.59 Å². The molecule has 1 rings (SSSR count). The highest BCUT2D eigenvalue weighted by Gasteiger charge is 2.23. The Morgan fingerprint density at radius 3 is 2.47 bits per heavy atom. The molecule has 1 aromatic rings. The number of aliphatic carboxylic acids is 1. The van der Waals surface area contributed by atoms with Gasteiger partial charge in [-0.15, -0.1) is 0 Å². The number of amides is 1. The molecule has 0 aliphatic carbocycles. The van der Waals surface area contributed by atoms with E-state index >= 15 is 0 Å². The van der Waals surface area contributed by atoms with Crippen molar-refractivity contribution >= 4 is 11.9 Å². The van der Waals surface area contributed by atoms with Gasteiger partial charge in [-0.05, 0) is 25.5 Å². The first kappa shape index (κ1) is 15.0. The van der Waals surface area contributed by atoms with Gasteiger partial charge in [-0.1, -0.05) is 25.1 Å². The van der Waals surface area contributed by atoms with E-state index in [1.54, 1.807) is 19.1 Å². The van der Waals surface area contributed by atoms with E-state index in [1.165, 1.54) is 4.90 Å². The standard InChI is InChI=1S/C14H19NO4/c1-3-9-15(10-13(16)17)14(18)11(2)19-12-7-5-4-6-8-12/h4-8,11H,3,9-10H2,1-2H3,(H,16,17). The number of ether oxygens (including phenoxy) is 1. The van der Waals surface area contributed by atoms with Gasteiger partial charge in [0.05, 0.1) is 0 Å². The van der Waals surface area contributed by atoms with E-state index in [1.807, 2.05) is 25.1 Å².